The molecule has 1 N–H and O–H groups in total. The minimum absolute atomic E-state index is 0.163. The van der Waals surface area contributed by atoms with E-state index in [0.29, 0.717) is 0 Å². The standard InChI is InChI=1S/C8H11F3O3/c9-8(10,11)6(7(12)13)5-1-3-14-4-2-5/h5-6H,1-4H2,(H,12,13). The summed E-state index contributed by atoms with van der Waals surface area (Å²) >= 11 is 0. The van der Waals surface area contributed by atoms with Gasteiger partial charge in [0.25, 0.3) is 0 Å². The van der Waals surface area contributed by atoms with E-state index in [1.54, 1.807) is 0 Å². The lowest BCUT2D eigenvalue weighted by molar-refractivity contribution is -0.208. The molecule has 1 aliphatic heterocycles. The van der Waals surface area contributed by atoms with Crippen LogP contribution in [0.5, 0.6) is 0 Å². The molecule has 3 nitrogen and oxygen atoms in total. The van der Waals surface area contributed by atoms with E-state index in [4.69, 9.17) is 9.84 Å². The monoisotopic (exact) mass is 212 g/mol. The topological polar surface area (TPSA) is 46.5 Å². The van der Waals surface area contributed by atoms with Gasteiger partial charge in [-0.2, -0.15) is 13.2 Å². The molecular weight excluding hydrogens is 201 g/mol. The number of ether oxygens (including phenoxy) is 1. The summed E-state index contributed by atoms with van der Waals surface area (Å²) in [4.78, 5) is 10.5. The van der Waals surface area contributed by atoms with Crippen molar-refractivity contribution in [2.75, 3.05) is 13.2 Å². The second-order valence-electron chi connectivity index (χ2n) is 3.31. The Hall–Kier alpha value is -0.780. The number of aliphatic carboxylic acids is 1. The highest BCUT2D eigenvalue weighted by Gasteiger charge is 2.49. The summed E-state index contributed by atoms with van der Waals surface area (Å²) in [5, 5.41) is 8.50. The van der Waals surface area contributed by atoms with Crippen LogP contribution < -0.4 is 0 Å². The van der Waals surface area contributed by atoms with Crippen molar-refractivity contribution < 1.29 is 27.8 Å². The van der Waals surface area contributed by atoms with Gasteiger partial charge >= 0.3 is 12.1 Å². The Balaban J connectivity index is 2.71. The van der Waals surface area contributed by atoms with Crippen LogP contribution in [0.4, 0.5) is 13.2 Å². The van der Waals surface area contributed by atoms with E-state index in [9.17, 15) is 18.0 Å². The fourth-order valence-electron chi connectivity index (χ4n) is 1.66. The van der Waals surface area contributed by atoms with Gasteiger partial charge in [-0.05, 0) is 18.8 Å². The van der Waals surface area contributed by atoms with E-state index >= 15 is 0 Å². The quantitative estimate of drug-likeness (QED) is 0.757. The van der Waals surface area contributed by atoms with Gasteiger partial charge < -0.3 is 9.84 Å². The average Bonchev–Trinajstić information content (AvgIpc) is 2.02. The van der Waals surface area contributed by atoms with Crippen LogP contribution in [0.2, 0.25) is 0 Å². The smallest absolute Gasteiger partial charge is 0.402 e. The number of alkyl halides is 3. The maximum Gasteiger partial charge on any atom is 0.402 e. The molecule has 1 heterocycles. The number of rotatable bonds is 2. The minimum Gasteiger partial charge on any atom is -0.481 e. The van der Waals surface area contributed by atoms with E-state index in [1.807, 2.05) is 0 Å². The van der Waals surface area contributed by atoms with E-state index in [0.717, 1.165) is 0 Å². The molecule has 0 saturated carbocycles. The average molecular weight is 212 g/mol. The molecule has 82 valence electrons. The van der Waals surface area contributed by atoms with Crippen LogP contribution in [0.1, 0.15) is 12.8 Å². The number of carbonyl (C=O) groups is 1. The van der Waals surface area contributed by atoms with Crippen molar-refractivity contribution in [3.8, 4) is 0 Å². The van der Waals surface area contributed by atoms with Gasteiger partial charge in [0.2, 0.25) is 0 Å². The Morgan fingerprint density at radius 2 is 1.86 bits per heavy atom. The van der Waals surface area contributed by atoms with Gasteiger partial charge in [-0.25, -0.2) is 0 Å². The summed E-state index contributed by atoms with van der Waals surface area (Å²) in [6, 6.07) is 0. The normalized spacial score (nSPS) is 21.9. The molecule has 0 aliphatic carbocycles. The minimum atomic E-state index is -4.66. The third kappa shape index (κ3) is 2.60. The first-order valence-electron chi connectivity index (χ1n) is 4.30. The molecule has 14 heavy (non-hydrogen) atoms. The summed E-state index contributed by atoms with van der Waals surface area (Å²) in [5.74, 6) is -4.88. The van der Waals surface area contributed by atoms with Gasteiger partial charge in [-0.15, -0.1) is 0 Å². The van der Waals surface area contributed by atoms with Crippen LogP contribution in [0, 0.1) is 11.8 Å². The van der Waals surface area contributed by atoms with Crippen molar-refractivity contribution in [2.24, 2.45) is 11.8 Å². The highest BCUT2D eigenvalue weighted by molar-refractivity contribution is 5.71. The molecular formula is C8H11F3O3. The highest BCUT2D eigenvalue weighted by atomic mass is 19.4. The van der Waals surface area contributed by atoms with Crippen LogP contribution in [-0.4, -0.2) is 30.5 Å². The summed E-state index contributed by atoms with van der Waals surface area (Å²) in [7, 11) is 0. The summed E-state index contributed by atoms with van der Waals surface area (Å²) in [5.41, 5.74) is 0. The largest absolute Gasteiger partial charge is 0.481 e. The zero-order valence-corrected chi connectivity index (χ0v) is 7.38. The van der Waals surface area contributed by atoms with Gasteiger partial charge in [0.1, 0.15) is 0 Å². The second-order valence-corrected chi connectivity index (χ2v) is 3.31. The Morgan fingerprint density at radius 3 is 2.21 bits per heavy atom. The Bertz CT molecular complexity index is 208. The van der Waals surface area contributed by atoms with Crippen molar-refractivity contribution >= 4 is 5.97 Å². The van der Waals surface area contributed by atoms with Crippen molar-refractivity contribution in [1.82, 2.24) is 0 Å². The van der Waals surface area contributed by atoms with Crippen LogP contribution in [-0.2, 0) is 9.53 Å². The third-order valence-electron chi connectivity index (χ3n) is 2.36. The molecule has 1 aliphatic rings. The summed E-state index contributed by atoms with van der Waals surface area (Å²) in [6.07, 6.45) is -4.33. The predicted molar refractivity (Wildman–Crippen MR) is 40.7 cm³/mol. The van der Waals surface area contributed by atoms with Crippen molar-refractivity contribution in [2.45, 2.75) is 19.0 Å². The van der Waals surface area contributed by atoms with E-state index in [-0.39, 0.29) is 26.1 Å². The van der Waals surface area contributed by atoms with Crippen LogP contribution in [0.15, 0.2) is 0 Å². The summed E-state index contributed by atoms with van der Waals surface area (Å²) < 4.78 is 41.9. The Kier molecular flexibility index (Phi) is 3.36. The van der Waals surface area contributed by atoms with Crippen LogP contribution >= 0.6 is 0 Å². The molecule has 0 amide bonds. The fourth-order valence-corrected chi connectivity index (χ4v) is 1.66. The van der Waals surface area contributed by atoms with Crippen molar-refractivity contribution in [1.29, 1.82) is 0 Å². The first-order valence-corrected chi connectivity index (χ1v) is 4.30. The SMILES string of the molecule is O=C(O)C(C1CCOCC1)C(F)(F)F. The number of hydrogen-bond donors (Lipinski definition) is 1. The molecule has 0 aromatic carbocycles. The predicted octanol–water partition coefficient (Wildman–Crippen LogP) is 1.68. The number of carboxylic acid groups (broad SMARTS) is 1. The molecule has 1 unspecified atom stereocenters. The van der Waals surface area contributed by atoms with Gasteiger partial charge in [0.15, 0.2) is 5.92 Å². The van der Waals surface area contributed by atoms with E-state index < -0.39 is 24.0 Å². The molecule has 0 bridgehead atoms. The third-order valence-corrected chi connectivity index (χ3v) is 2.36. The van der Waals surface area contributed by atoms with Gasteiger partial charge in [-0.3, -0.25) is 4.79 Å². The number of carboxylic acids is 1. The first-order chi connectivity index (χ1) is 6.43. The molecule has 0 radical (unpaired) electrons. The second kappa shape index (κ2) is 4.16. The fraction of sp³-hybridized carbons (Fsp3) is 0.875. The first kappa shape index (κ1) is 11.3. The highest BCUT2D eigenvalue weighted by Crippen LogP contribution is 2.36. The van der Waals surface area contributed by atoms with Crippen molar-refractivity contribution in [3.63, 3.8) is 0 Å². The molecule has 1 atom stereocenters. The maximum absolute atomic E-state index is 12.3. The van der Waals surface area contributed by atoms with Gasteiger partial charge in [0, 0.05) is 13.2 Å². The lowest BCUT2D eigenvalue weighted by Gasteiger charge is -2.28. The molecule has 1 fully saturated rings. The number of halogens is 3. The zero-order valence-electron chi connectivity index (χ0n) is 7.38. The van der Waals surface area contributed by atoms with E-state index in [2.05, 4.69) is 0 Å². The Morgan fingerprint density at radius 1 is 1.36 bits per heavy atom. The van der Waals surface area contributed by atoms with Crippen molar-refractivity contribution in [3.05, 3.63) is 0 Å². The number of hydrogen-bond acceptors (Lipinski definition) is 2. The molecule has 1 saturated heterocycles. The molecule has 0 spiro atoms. The molecule has 0 aromatic rings. The van der Waals surface area contributed by atoms with Gasteiger partial charge in [-0.1, -0.05) is 0 Å². The lowest BCUT2D eigenvalue weighted by Crippen LogP contribution is -2.39. The van der Waals surface area contributed by atoms with E-state index in [1.165, 1.54) is 0 Å². The summed E-state index contributed by atoms with van der Waals surface area (Å²) in [6.45, 7) is 0.426. The molecule has 0 aromatic heterocycles. The van der Waals surface area contributed by atoms with Crippen LogP contribution in [0.3, 0.4) is 0 Å². The van der Waals surface area contributed by atoms with Crippen LogP contribution in [0.25, 0.3) is 0 Å². The zero-order chi connectivity index (χ0) is 10.8. The molecule has 6 heteroatoms. The lowest BCUT2D eigenvalue weighted by atomic mass is 9.85. The van der Waals surface area contributed by atoms with Gasteiger partial charge in [0.05, 0.1) is 0 Å². The maximum atomic E-state index is 12.3. The Labute approximate surface area is 78.9 Å². The molecule has 1 rings (SSSR count).